The molecule has 1 aliphatic rings. The number of imidazole rings is 1. The molecule has 2 N–H and O–H groups in total. The van der Waals surface area contributed by atoms with Crippen LogP contribution in [0.25, 0.3) is 5.65 Å². The summed E-state index contributed by atoms with van der Waals surface area (Å²) in [7, 11) is 0. The quantitative estimate of drug-likeness (QED) is 0.358. The van der Waals surface area contributed by atoms with Crippen LogP contribution in [0.3, 0.4) is 0 Å². The maximum Gasteiger partial charge on any atom is 0.389 e. The Labute approximate surface area is 221 Å². The zero-order chi connectivity index (χ0) is 29.2. The van der Waals surface area contributed by atoms with Crippen LogP contribution in [0.2, 0.25) is 0 Å². The van der Waals surface area contributed by atoms with Crippen molar-refractivity contribution in [1.29, 1.82) is 0 Å². The Morgan fingerprint density at radius 1 is 1.18 bits per heavy atom. The van der Waals surface area contributed by atoms with Gasteiger partial charge in [-0.15, -0.1) is 0 Å². The van der Waals surface area contributed by atoms with Crippen LogP contribution in [-0.4, -0.2) is 55.3 Å². The molecular formula is C23H24F7N7O3. The van der Waals surface area contributed by atoms with Gasteiger partial charge in [0.1, 0.15) is 11.7 Å². The van der Waals surface area contributed by atoms with Crippen molar-refractivity contribution >= 4 is 17.5 Å². The second-order valence-corrected chi connectivity index (χ2v) is 9.60. The number of alkyl halides is 7. The van der Waals surface area contributed by atoms with E-state index >= 15 is 0 Å². The third-order valence-corrected chi connectivity index (χ3v) is 6.63. The Balaban J connectivity index is 1.60. The molecular weight excluding hydrogens is 555 g/mol. The van der Waals surface area contributed by atoms with E-state index in [4.69, 9.17) is 0 Å². The molecule has 0 spiro atoms. The van der Waals surface area contributed by atoms with Gasteiger partial charge in [0.25, 0.3) is 12.3 Å². The lowest BCUT2D eigenvalue weighted by Crippen LogP contribution is -2.37. The fourth-order valence-electron chi connectivity index (χ4n) is 4.50. The molecule has 3 aromatic rings. The van der Waals surface area contributed by atoms with Crippen molar-refractivity contribution in [2.45, 2.75) is 76.1 Å². The van der Waals surface area contributed by atoms with Gasteiger partial charge < -0.3 is 10.6 Å². The minimum Gasteiger partial charge on any atom is -0.344 e. The topological polar surface area (TPSA) is 127 Å². The third-order valence-electron chi connectivity index (χ3n) is 6.63. The minimum absolute atomic E-state index is 0.0161. The van der Waals surface area contributed by atoms with E-state index in [9.17, 15) is 40.3 Å². The smallest absolute Gasteiger partial charge is 0.344 e. The first-order valence-electron chi connectivity index (χ1n) is 12.2. The normalized spacial score (nSPS) is 17.6. The first-order chi connectivity index (χ1) is 18.7. The number of nitrogens with zero attached hydrogens (tertiary/aromatic N) is 5. The number of rotatable bonds is 9. The van der Waals surface area contributed by atoms with E-state index in [0.29, 0.717) is 0 Å². The van der Waals surface area contributed by atoms with Crippen molar-refractivity contribution in [3.05, 3.63) is 41.1 Å². The van der Waals surface area contributed by atoms with Gasteiger partial charge in [-0.05, 0) is 36.9 Å². The molecule has 3 heterocycles. The highest BCUT2D eigenvalue weighted by Gasteiger charge is 2.40. The molecule has 2 amide bonds. The Kier molecular flexibility index (Phi) is 8.30. The molecule has 10 nitrogen and oxygen atoms in total. The van der Waals surface area contributed by atoms with E-state index in [1.807, 2.05) is 5.32 Å². The van der Waals surface area contributed by atoms with E-state index in [1.54, 1.807) is 0 Å². The number of carbonyl (C=O) groups is 2. The summed E-state index contributed by atoms with van der Waals surface area (Å²) < 4.78 is 98.1. The van der Waals surface area contributed by atoms with Crippen molar-refractivity contribution in [2.75, 3.05) is 0 Å². The van der Waals surface area contributed by atoms with Crippen LogP contribution in [0.1, 0.15) is 78.0 Å². The lowest BCUT2D eigenvalue weighted by Gasteiger charge is -2.33. The molecule has 218 valence electrons. The van der Waals surface area contributed by atoms with Gasteiger partial charge >= 0.3 is 6.18 Å². The van der Waals surface area contributed by atoms with Gasteiger partial charge in [-0.2, -0.15) is 18.3 Å². The Bertz CT molecular complexity index is 1350. The first-order valence-corrected chi connectivity index (χ1v) is 12.2. The van der Waals surface area contributed by atoms with Crippen LogP contribution in [0.4, 0.5) is 30.7 Å². The second-order valence-electron chi connectivity index (χ2n) is 9.60. The average molecular weight is 579 g/mol. The zero-order valence-corrected chi connectivity index (χ0v) is 20.9. The van der Waals surface area contributed by atoms with Crippen LogP contribution in [0, 0.1) is 12.8 Å². The van der Waals surface area contributed by atoms with E-state index in [-0.39, 0.29) is 41.1 Å². The van der Waals surface area contributed by atoms with Gasteiger partial charge in [-0.1, -0.05) is 5.16 Å². The highest BCUT2D eigenvalue weighted by molar-refractivity contribution is 5.93. The zero-order valence-electron chi connectivity index (χ0n) is 20.9. The Morgan fingerprint density at radius 2 is 1.88 bits per heavy atom. The maximum atomic E-state index is 13.8. The summed E-state index contributed by atoms with van der Waals surface area (Å²) in [4.78, 5) is 29.1. The summed E-state index contributed by atoms with van der Waals surface area (Å²) in [5.74, 6) is -5.22. The molecule has 0 aliphatic heterocycles. The fourth-order valence-corrected chi connectivity index (χ4v) is 4.50. The summed E-state index contributed by atoms with van der Waals surface area (Å²) in [6.07, 6.45) is -8.63. The molecule has 17 heteroatoms. The third kappa shape index (κ3) is 7.04. The molecule has 0 aromatic carbocycles. The van der Waals surface area contributed by atoms with Gasteiger partial charge in [0.05, 0.1) is 30.6 Å². The highest BCUT2D eigenvalue weighted by Crippen LogP contribution is 2.41. The number of aromatic nitrogens is 5. The summed E-state index contributed by atoms with van der Waals surface area (Å²) >= 11 is 0. The molecule has 4 rings (SSSR count). The van der Waals surface area contributed by atoms with Gasteiger partial charge in [0.2, 0.25) is 11.8 Å². The number of amides is 2. The fraction of sp³-hybridized carbons (Fsp3) is 0.565. The number of aryl methyl sites for hydroxylation is 1. The standard InChI is InChI=1S/C23H24F7N7O3/c1-11-17(36-40-35-11)21(39)34-18(12-2-5-22(26,27)6-3-12)14-10-37-15(32-14)8-13(9-31-37)19(20(24)25)33-16(38)4-7-23(28,29)30/h8-10,12,18-20H,2-7H2,1H3,(H,33,38)(H,34,39)/t18-,19?/m0/s1. The van der Waals surface area contributed by atoms with Crippen LogP contribution in [-0.2, 0) is 4.79 Å². The average Bonchev–Trinajstić information content (AvgIpc) is 3.49. The summed E-state index contributed by atoms with van der Waals surface area (Å²) in [5.41, 5.74) is 0.0779. The van der Waals surface area contributed by atoms with E-state index in [0.717, 1.165) is 12.3 Å². The maximum absolute atomic E-state index is 13.8. The van der Waals surface area contributed by atoms with Crippen LogP contribution in [0.5, 0.6) is 0 Å². The Morgan fingerprint density at radius 3 is 2.48 bits per heavy atom. The monoisotopic (exact) mass is 579 g/mol. The van der Waals surface area contributed by atoms with Gasteiger partial charge in [-0.25, -0.2) is 31.7 Å². The van der Waals surface area contributed by atoms with Gasteiger partial charge in [0.15, 0.2) is 11.3 Å². The predicted octanol–water partition coefficient (Wildman–Crippen LogP) is 4.48. The van der Waals surface area contributed by atoms with Crippen molar-refractivity contribution in [3.63, 3.8) is 0 Å². The number of nitrogens with one attached hydrogen (secondary N) is 2. The predicted molar refractivity (Wildman–Crippen MR) is 121 cm³/mol. The summed E-state index contributed by atoms with van der Waals surface area (Å²) in [5, 5.41) is 15.7. The summed E-state index contributed by atoms with van der Waals surface area (Å²) in [6, 6.07) is -1.69. The van der Waals surface area contributed by atoms with Crippen molar-refractivity contribution in [1.82, 2.24) is 35.5 Å². The molecule has 3 aromatic heterocycles. The number of halogens is 7. The number of hydrogen-bond donors (Lipinski definition) is 2. The van der Waals surface area contributed by atoms with Crippen molar-refractivity contribution in [2.24, 2.45) is 5.92 Å². The number of carbonyl (C=O) groups excluding carboxylic acids is 2. The van der Waals surface area contributed by atoms with Crippen molar-refractivity contribution < 1.29 is 45.0 Å². The lowest BCUT2D eigenvalue weighted by molar-refractivity contribution is -0.144. The van der Waals surface area contributed by atoms with Crippen LogP contribution in [0.15, 0.2) is 23.1 Å². The molecule has 1 saturated carbocycles. The number of fused-ring (bicyclic) bond motifs is 1. The summed E-state index contributed by atoms with van der Waals surface area (Å²) in [6.45, 7) is 1.49. The molecule has 0 radical (unpaired) electrons. The molecule has 1 aliphatic carbocycles. The highest BCUT2D eigenvalue weighted by atomic mass is 19.4. The molecule has 1 unspecified atom stereocenters. The van der Waals surface area contributed by atoms with Gasteiger partial charge in [-0.3, -0.25) is 9.59 Å². The SMILES string of the molecule is Cc1nonc1C(=O)N[C@H](c1cn2ncc(C(NC(=O)CCC(F)(F)F)C(F)F)cc2n1)C1CCC(F)(F)CC1. The van der Waals surface area contributed by atoms with Gasteiger partial charge in [0, 0.05) is 24.8 Å². The molecule has 0 saturated heterocycles. The molecule has 1 fully saturated rings. The largest absolute Gasteiger partial charge is 0.389 e. The Hall–Kier alpha value is -3.79. The van der Waals surface area contributed by atoms with Crippen LogP contribution < -0.4 is 10.6 Å². The first kappa shape index (κ1) is 29.2. The van der Waals surface area contributed by atoms with E-state index in [1.165, 1.54) is 17.6 Å². The van der Waals surface area contributed by atoms with Crippen LogP contribution >= 0.6 is 0 Å². The lowest BCUT2D eigenvalue weighted by atomic mass is 9.81. The molecule has 0 bridgehead atoms. The molecule has 40 heavy (non-hydrogen) atoms. The van der Waals surface area contributed by atoms with E-state index < -0.39 is 74.0 Å². The second kappa shape index (κ2) is 11.4. The number of hydrogen-bond acceptors (Lipinski definition) is 7. The van der Waals surface area contributed by atoms with Crippen molar-refractivity contribution in [3.8, 4) is 0 Å². The van der Waals surface area contributed by atoms with E-state index in [2.05, 4.69) is 30.3 Å². The molecule has 2 atom stereocenters. The minimum atomic E-state index is -4.63.